The zero-order valence-electron chi connectivity index (χ0n) is 23.8. The SMILES string of the molecule is Cc1c(C)c2c(c(C)c1O)CC(CC(=O)O)[C@](C)(CCC[C@H](C)CCC[C@@H](C)CCCC(C)C)O2. The summed E-state index contributed by atoms with van der Waals surface area (Å²) in [6.07, 6.45) is 11.7. The Labute approximate surface area is 214 Å². The van der Waals surface area contributed by atoms with Crippen LogP contribution in [0, 0.1) is 44.4 Å². The van der Waals surface area contributed by atoms with Crippen molar-refractivity contribution in [3.63, 3.8) is 0 Å². The van der Waals surface area contributed by atoms with Gasteiger partial charge in [-0.05, 0) is 81.4 Å². The van der Waals surface area contributed by atoms with Gasteiger partial charge in [-0.15, -0.1) is 0 Å². The Balaban J connectivity index is 1.94. The van der Waals surface area contributed by atoms with Crippen LogP contribution in [0.1, 0.15) is 121 Å². The molecule has 0 fully saturated rings. The van der Waals surface area contributed by atoms with E-state index < -0.39 is 11.6 Å². The molecular weight excluding hydrogens is 436 g/mol. The summed E-state index contributed by atoms with van der Waals surface area (Å²) in [7, 11) is 0. The van der Waals surface area contributed by atoms with Crippen LogP contribution < -0.4 is 4.74 Å². The summed E-state index contributed by atoms with van der Waals surface area (Å²) >= 11 is 0. The summed E-state index contributed by atoms with van der Waals surface area (Å²) < 4.78 is 6.65. The van der Waals surface area contributed by atoms with Crippen LogP contribution in [0.3, 0.4) is 0 Å². The first-order valence-corrected chi connectivity index (χ1v) is 14.1. The first kappa shape index (κ1) is 29.5. The minimum Gasteiger partial charge on any atom is -0.507 e. The Hall–Kier alpha value is -1.71. The molecule has 4 nitrogen and oxygen atoms in total. The molecule has 35 heavy (non-hydrogen) atoms. The number of aromatic hydroxyl groups is 1. The standard InChI is InChI=1S/C31H52O4/c1-20(2)12-9-13-21(3)14-10-15-22(4)16-11-17-31(8)26(19-28(32)33)18-27-25(7)29(34)23(5)24(6)30(27)35-31/h20-22,26,34H,9-19H2,1-8H3,(H,32,33)/t21-,22+,26?,31-/m0/s1. The van der Waals surface area contributed by atoms with E-state index in [1.807, 2.05) is 20.8 Å². The highest BCUT2D eigenvalue weighted by molar-refractivity contribution is 5.68. The minimum atomic E-state index is -0.783. The zero-order valence-corrected chi connectivity index (χ0v) is 23.8. The van der Waals surface area contributed by atoms with Crippen LogP contribution in [-0.4, -0.2) is 21.8 Å². The molecule has 0 aromatic heterocycles. The Morgan fingerprint density at radius 2 is 1.46 bits per heavy atom. The number of carboxylic acid groups (broad SMARTS) is 1. The molecule has 1 aromatic rings. The lowest BCUT2D eigenvalue weighted by Crippen LogP contribution is -2.46. The van der Waals surface area contributed by atoms with E-state index in [4.69, 9.17) is 4.74 Å². The van der Waals surface area contributed by atoms with E-state index >= 15 is 0 Å². The number of rotatable bonds is 14. The first-order chi connectivity index (χ1) is 16.4. The van der Waals surface area contributed by atoms with Crippen molar-refractivity contribution in [3.8, 4) is 11.5 Å². The molecule has 1 aliphatic heterocycles. The zero-order chi connectivity index (χ0) is 26.3. The highest BCUT2D eigenvalue weighted by Crippen LogP contribution is 2.47. The summed E-state index contributed by atoms with van der Waals surface area (Å²) in [6, 6.07) is 0. The fourth-order valence-electron chi connectivity index (χ4n) is 5.86. The monoisotopic (exact) mass is 488 g/mol. The molecule has 0 amide bonds. The second-order valence-corrected chi connectivity index (χ2v) is 12.3. The average Bonchev–Trinajstić information content (AvgIpc) is 2.77. The van der Waals surface area contributed by atoms with Gasteiger partial charge in [0.2, 0.25) is 0 Å². The van der Waals surface area contributed by atoms with E-state index in [0.717, 1.165) is 59.1 Å². The van der Waals surface area contributed by atoms with Gasteiger partial charge in [0.1, 0.15) is 17.1 Å². The quantitative estimate of drug-likeness (QED) is 0.275. The number of hydrogen-bond acceptors (Lipinski definition) is 3. The van der Waals surface area contributed by atoms with E-state index in [1.54, 1.807) is 0 Å². The van der Waals surface area contributed by atoms with Crippen LogP contribution in [0.25, 0.3) is 0 Å². The summed E-state index contributed by atoms with van der Waals surface area (Å²) in [5.74, 6) is 2.60. The second-order valence-electron chi connectivity index (χ2n) is 12.3. The van der Waals surface area contributed by atoms with Crippen molar-refractivity contribution < 1.29 is 19.7 Å². The molecule has 0 saturated carbocycles. The fraction of sp³-hybridized carbons (Fsp3) is 0.774. The number of phenols is 1. The lowest BCUT2D eigenvalue weighted by molar-refractivity contribution is -0.140. The van der Waals surface area contributed by atoms with Gasteiger partial charge in [0, 0.05) is 11.5 Å². The molecule has 0 saturated heterocycles. The molecule has 1 unspecified atom stereocenters. The van der Waals surface area contributed by atoms with Crippen LogP contribution in [0.4, 0.5) is 0 Å². The summed E-state index contributed by atoms with van der Waals surface area (Å²) in [6.45, 7) is 17.3. The van der Waals surface area contributed by atoms with Crippen molar-refractivity contribution >= 4 is 5.97 Å². The van der Waals surface area contributed by atoms with Gasteiger partial charge in [0.25, 0.3) is 0 Å². The number of ether oxygens (including phenoxy) is 1. The molecule has 0 spiro atoms. The van der Waals surface area contributed by atoms with E-state index in [0.29, 0.717) is 18.1 Å². The molecule has 0 radical (unpaired) electrons. The van der Waals surface area contributed by atoms with Gasteiger partial charge in [-0.25, -0.2) is 0 Å². The number of phenolic OH excluding ortho intramolecular Hbond substituents is 1. The lowest BCUT2D eigenvalue weighted by Gasteiger charge is -2.44. The molecule has 0 bridgehead atoms. The molecule has 1 aromatic carbocycles. The lowest BCUT2D eigenvalue weighted by atomic mass is 9.74. The van der Waals surface area contributed by atoms with E-state index in [-0.39, 0.29) is 12.3 Å². The third kappa shape index (κ3) is 8.15. The number of carboxylic acids is 1. The fourth-order valence-corrected chi connectivity index (χ4v) is 5.86. The average molecular weight is 489 g/mol. The van der Waals surface area contributed by atoms with Crippen molar-refractivity contribution in [2.24, 2.45) is 23.7 Å². The highest BCUT2D eigenvalue weighted by atomic mass is 16.5. The van der Waals surface area contributed by atoms with Gasteiger partial charge < -0.3 is 14.9 Å². The van der Waals surface area contributed by atoms with Gasteiger partial charge in [-0.2, -0.15) is 0 Å². The molecule has 1 heterocycles. The number of aliphatic carboxylic acids is 1. The molecule has 1 aliphatic rings. The Morgan fingerprint density at radius 1 is 0.914 bits per heavy atom. The van der Waals surface area contributed by atoms with E-state index in [2.05, 4.69) is 34.6 Å². The Bertz CT molecular complexity index is 843. The topological polar surface area (TPSA) is 66.8 Å². The number of benzene rings is 1. The predicted octanol–water partition coefficient (Wildman–Crippen LogP) is 8.54. The predicted molar refractivity (Wildman–Crippen MR) is 146 cm³/mol. The molecule has 4 heteroatoms. The normalized spacial score (nSPS) is 21.5. The van der Waals surface area contributed by atoms with Crippen LogP contribution in [0.15, 0.2) is 0 Å². The van der Waals surface area contributed by atoms with Crippen molar-refractivity contribution in [1.29, 1.82) is 0 Å². The van der Waals surface area contributed by atoms with Gasteiger partial charge in [0.05, 0.1) is 6.42 Å². The Morgan fingerprint density at radius 3 is 2.00 bits per heavy atom. The van der Waals surface area contributed by atoms with Crippen molar-refractivity contribution in [3.05, 3.63) is 22.3 Å². The van der Waals surface area contributed by atoms with Gasteiger partial charge >= 0.3 is 5.97 Å². The largest absolute Gasteiger partial charge is 0.507 e. The molecule has 200 valence electrons. The van der Waals surface area contributed by atoms with Gasteiger partial charge in [-0.1, -0.05) is 72.6 Å². The summed E-state index contributed by atoms with van der Waals surface area (Å²) in [5, 5.41) is 20.1. The van der Waals surface area contributed by atoms with E-state index in [1.165, 1.54) is 38.5 Å². The van der Waals surface area contributed by atoms with Crippen molar-refractivity contribution in [2.45, 2.75) is 132 Å². The second kappa shape index (κ2) is 13.0. The third-order valence-electron chi connectivity index (χ3n) is 8.65. The minimum absolute atomic E-state index is 0.0906. The third-order valence-corrected chi connectivity index (χ3v) is 8.65. The van der Waals surface area contributed by atoms with Crippen LogP contribution in [0.2, 0.25) is 0 Å². The maximum absolute atomic E-state index is 11.7. The van der Waals surface area contributed by atoms with Gasteiger partial charge in [-0.3, -0.25) is 4.79 Å². The summed E-state index contributed by atoms with van der Waals surface area (Å²) in [4.78, 5) is 11.7. The Kier molecular flexibility index (Phi) is 11.0. The highest BCUT2D eigenvalue weighted by Gasteiger charge is 2.43. The van der Waals surface area contributed by atoms with E-state index in [9.17, 15) is 15.0 Å². The molecule has 2 N–H and O–H groups in total. The summed E-state index contributed by atoms with van der Waals surface area (Å²) in [5.41, 5.74) is 3.13. The van der Waals surface area contributed by atoms with Crippen LogP contribution in [-0.2, 0) is 11.2 Å². The smallest absolute Gasteiger partial charge is 0.303 e. The first-order valence-electron chi connectivity index (χ1n) is 14.1. The molecular formula is C31H52O4. The molecule has 2 rings (SSSR count). The van der Waals surface area contributed by atoms with Crippen LogP contribution in [0.5, 0.6) is 11.5 Å². The van der Waals surface area contributed by atoms with Crippen molar-refractivity contribution in [1.82, 2.24) is 0 Å². The van der Waals surface area contributed by atoms with Crippen molar-refractivity contribution in [2.75, 3.05) is 0 Å². The van der Waals surface area contributed by atoms with Crippen LogP contribution >= 0.6 is 0 Å². The molecule has 4 atom stereocenters. The molecule has 0 aliphatic carbocycles. The number of carbonyl (C=O) groups is 1. The maximum Gasteiger partial charge on any atom is 0.303 e. The number of hydrogen-bond donors (Lipinski definition) is 2. The maximum atomic E-state index is 11.7. The van der Waals surface area contributed by atoms with Gasteiger partial charge in [0.15, 0.2) is 0 Å². The number of fused-ring (bicyclic) bond motifs is 1.